The van der Waals surface area contributed by atoms with Crippen LogP contribution in [0.1, 0.15) is 0 Å². The normalized spacial score (nSPS) is 10.5. The van der Waals surface area contributed by atoms with Gasteiger partial charge in [-0.1, -0.05) is 16.0 Å². The van der Waals surface area contributed by atoms with E-state index in [9.17, 15) is 27.2 Å². The summed E-state index contributed by atoms with van der Waals surface area (Å²) < 4.78 is 40.2. The van der Waals surface area contributed by atoms with Crippen LogP contribution in [0.5, 0.6) is 0 Å². The Hall–Kier alpha value is -3.85. The summed E-state index contributed by atoms with van der Waals surface area (Å²) in [4.78, 5) is 41.6. The Morgan fingerprint density at radius 2 is 1.86 bits per heavy atom. The molecule has 2 aromatic carbocycles. The fraction of sp³-hybridized carbons (Fsp3) is 0.0500. The standard InChI is InChI=1S/C20H13ClFN5O5S2.H3N/c1-23-15-9-14-12(8-13(15)22)18(28)27(19(29)24-14)11-4-2-10(3-5-11)26(20(30)25-34(31)32)17-7-6-16(21)33-17;/h2-9,23H,1H3,(H,24,29);1H3. The van der Waals surface area contributed by atoms with Gasteiger partial charge in [-0.15, -0.1) is 11.3 Å². The molecule has 15 heteroatoms. The van der Waals surface area contributed by atoms with Crippen molar-refractivity contribution in [2.45, 2.75) is 0 Å². The van der Waals surface area contributed by atoms with Crippen LogP contribution in [-0.2, 0) is 10.5 Å². The van der Waals surface area contributed by atoms with E-state index in [-0.39, 0.29) is 34.1 Å². The Bertz CT molecular complexity index is 1690. The second-order valence-electron chi connectivity index (χ2n) is 6.72. The molecule has 182 valence electrons. The first-order chi connectivity index (χ1) is 16.2. The molecule has 2 heterocycles. The number of aromatic amines is 1. The van der Waals surface area contributed by atoms with Gasteiger partial charge in [0.2, 0.25) is 0 Å². The molecule has 11 nitrogen and oxygen atoms in total. The van der Waals surface area contributed by atoms with Crippen molar-refractivity contribution in [3.05, 3.63) is 79.5 Å². The molecule has 0 saturated carbocycles. The van der Waals surface area contributed by atoms with Crippen molar-refractivity contribution >= 4 is 66.7 Å². The summed E-state index contributed by atoms with van der Waals surface area (Å²) in [6.07, 6.45) is 0. The molecule has 4 aromatic rings. The number of halogens is 2. The van der Waals surface area contributed by atoms with Gasteiger partial charge in [0, 0.05) is 7.05 Å². The van der Waals surface area contributed by atoms with Crippen LogP contribution < -0.4 is 27.6 Å². The van der Waals surface area contributed by atoms with E-state index < -0.39 is 33.6 Å². The number of aromatic nitrogens is 2. The van der Waals surface area contributed by atoms with Crippen LogP contribution in [0.2, 0.25) is 4.34 Å². The molecule has 0 saturated heterocycles. The second-order valence-corrected chi connectivity index (χ2v) is 9.03. The maximum Gasteiger partial charge on any atom is 0.368 e. The van der Waals surface area contributed by atoms with Crippen molar-refractivity contribution in [3.63, 3.8) is 0 Å². The summed E-state index contributed by atoms with van der Waals surface area (Å²) in [5, 5.41) is 2.89. The minimum absolute atomic E-state index is 0. The van der Waals surface area contributed by atoms with E-state index in [1.807, 2.05) is 0 Å². The number of carbonyl (C=O) groups excluding carboxylic acids is 1. The lowest BCUT2D eigenvalue weighted by Crippen LogP contribution is -2.33. The molecule has 0 unspecified atom stereocenters. The van der Waals surface area contributed by atoms with Gasteiger partial charge >= 0.3 is 22.2 Å². The molecule has 0 atom stereocenters. The summed E-state index contributed by atoms with van der Waals surface area (Å²) >= 11 is 6.96. The van der Waals surface area contributed by atoms with Crippen LogP contribution in [0.4, 0.5) is 25.6 Å². The highest BCUT2D eigenvalue weighted by Gasteiger charge is 2.21. The van der Waals surface area contributed by atoms with Crippen molar-refractivity contribution in [1.82, 2.24) is 15.7 Å². The van der Waals surface area contributed by atoms with Crippen molar-refractivity contribution in [2.75, 3.05) is 17.3 Å². The predicted octanol–water partition coefficient (Wildman–Crippen LogP) is 4.06. The number of benzene rings is 2. The molecule has 0 fully saturated rings. The van der Waals surface area contributed by atoms with E-state index in [0.29, 0.717) is 9.34 Å². The number of amides is 2. The third-order valence-electron chi connectivity index (χ3n) is 4.74. The van der Waals surface area contributed by atoms with Crippen molar-refractivity contribution in [1.29, 1.82) is 0 Å². The quantitative estimate of drug-likeness (QED) is 0.352. The van der Waals surface area contributed by atoms with E-state index in [4.69, 9.17) is 11.6 Å². The molecule has 35 heavy (non-hydrogen) atoms. The number of hydrogen-bond donors (Lipinski definition) is 3. The topological polar surface area (TPSA) is 169 Å². The zero-order valence-electron chi connectivity index (χ0n) is 17.8. The van der Waals surface area contributed by atoms with Gasteiger partial charge in [-0.05, 0) is 48.5 Å². The summed E-state index contributed by atoms with van der Waals surface area (Å²) in [6.45, 7) is 0. The number of nitrogens with zero attached hydrogens (tertiary/aromatic N) is 3. The van der Waals surface area contributed by atoms with Crippen molar-refractivity contribution in [2.24, 2.45) is 4.36 Å². The van der Waals surface area contributed by atoms with Crippen LogP contribution >= 0.6 is 22.9 Å². The molecule has 0 aliphatic carbocycles. The van der Waals surface area contributed by atoms with E-state index in [0.717, 1.165) is 26.9 Å². The zero-order valence-corrected chi connectivity index (χ0v) is 20.2. The third kappa shape index (κ3) is 5.00. The number of fused-ring (bicyclic) bond motifs is 1. The number of H-pyrrole nitrogens is 1. The highest BCUT2D eigenvalue weighted by Crippen LogP contribution is 2.35. The molecule has 0 bridgehead atoms. The Labute approximate surface area is 206 Å². The monoisotopic (exact) mass is 538 g/mol. The number of thiophene rings is 1. The zero-order chi connectivity index (χ0) is 24.6. The van der Waals surface area contributed by atoms with Crippen LogP contribution in [0.15, 0.2) is 62.5 Å². The summed E-state index contributed by atoms with van der Waals surface area (Å²) in [5.74, 6) is -0.663. The molecule has 0 aliphatic heterocycles. The minimum atomic E-state index is -2.99. The van der Waals surface area contributed by atoms with E-state index in [2.05, 4.69) is 14.7 Å². The largest absolute Gasteiger partial charge is 0.386 e. The number of anilines is 3. The van der Waals surface area contributed by atoms with Gasteiger partial charge < -0.3 is 16.5 Å². The van der Waals surface area contributed by atoms with Crippen LogP contribution in [0.3, 0.4) is 0 Å². The SMILES string of the molecule is CNc1cc2[nH]c(=O)n(-c3ccc(N(C(=O)N=S(=O)=O)c4ccc(Cl)s4)cc3)c(=O)c2cc1F.N. The fourth-order valence-corrected chi connectivity index (χ4v) is 4.53. The van der Waals surface area contributed by atoms with Crippen LogP contribution in [0, 0.1) is 5.82 Å². The highest BCUT2D eigenvalue weighted by molar-refractivity contribution is 7.62. The van der Waals surface area contributed by atoms with Crippen LogP contribution in [-0.4, -0.2) is 31.0 Å². The molecule has 5 N–H and O–H groups in total. The van der Waals surface area contributed by atoms with E-state index in [1.165, 1.54) is 49.5 Å². The average molecular weight is 539 g/mol. The number of hydrogen-bond acceptors (Lipinski definition) is 8. The number of urea groups is 1. The first-order valence-corrected chi connectivity index (χ1v) is 11.6. The maximum atomic E-state index is 14.2. The van der Waals surface area contributed by atoms with Gasteiger partial charge in [0.1, 0.15) is 10.8 Å². The first kappa shape index (κ1) is 25.8. The lowest BCUT2D eigenvalue weighted by molar-refractivity contribution is 0.256. The lowest BCUT2D eigenvalue weighted by Gasteiger charge is -2.18. The Morgan fingerprint density at radius 3 is 2.43 bits per heavy atom. The van der Waals surface area contributed by atoms with Gasteiger partial charge in [0.05, 0.1) is 32.3 Å². The smallest absolute Gasteiger partial charge is 0.368 e. The average Bonchev–Trinajstić information content (AvgIpc) is 3.20. The number of rotatable bonds is 4. The summed E-state index contributed by atoms with van der Waals surface area (Å²) in [5.41, 5.74) is -0.886. The Balaban J connectivity index is 0.00000342. The molecular weight excluding hydrogens is 523 g/mol. The lowest BCUT2D eigenvalue weighted by atomic mass is 10.2. The van der Waals surface area contributed by atoms with E-state index in [1.54, 1.807) is 0 Å². The second kappa shape index (κ2) is 10.2. The molecule has 2 aromatic heterocycles. The highest BCUT2D eigenvalue weighted by atomic mass is 35.5. The third-order valence-corrected chi connectivity index (χ3v) is 6.27. The van der Waals surface area contributed by atoms with Crippen molar-refractivity contribution < 1.29 is 17.6 Å². The van der Waals surface area contributed by atoms with Crippen molar-refractivity contribution in [3.8, 4) is 5.69 Å². The summed E-state index contributed by atoms with van der Waals surface area (Å²) in [7, 11) is -1.48. The van der Waals surface area contributed by atoms with Gasteiger partial charge in [-0.2, -0.15) is 8.42 Å². The van der Waals surface area contributed by atoms with Gasteiger partial charge in [-0.3, -0.25) is 9.69 Å². The predicted molar refractivity (Wildman–Crippen MR) is 133 cm³/mol. The van der Waals surface area contributed by atoms with Gasteiger partial charge in [0.25, 0.3) is 5.56 Å². The molecule has 0 radical (unpaired) electrons. The summed E-state index contributed by atoms with van der Waals surface area (Å²) in [6, 6.07) is 9.83. The molecule has 0 aliphatic rings. The van der Waals surface area contributed by atoms with Gasteiger partial charge in [0.15, 0.2) is 0 Å². The van der Waals surface area contributed by atoms with E-state index >= 15 is 0 Å². The first-order valence-electron chi connectivity index (χ1n) is 9.37. The van der Waals surface area contributed by atoms with Gasteiger partial charge in [-0.25, -0.2) is 18.5 Å². The number of nitrogens with one attached hydrogen (secondary N) is 2. The van der Waals surface area contributed by atoms with Crippen LogP contribution in [0.25, 0.3) is 16.6 Å². The molecule has 0 spiro atoms. The molecular formula is C20H16ClFN6O5S2. The minimum Gasteiger partial charge on any atom is -0.386 e. The Kier molecular flexibility index (Phi) is 7.50. The molecule has 4 rings (SSSR count). The molecule has 2 amide bonds. The Morgan fingerprint density at radius 1 is 1.17 bits per heavy atom. The number of carbonyl (C=O) groups is 1. The fourth-order valence-electron chi connectivity index (χ4n) is 3.28. The maximum absolute atomic E-state index is 14.2.